The van der Waals surface area contributed by atoms with E-state index in [4.69, 9.17) is 4.74 Å². The maximum atomic E-state index is 12.7. The van der Waals surface area contributed by atoms with E-state index >= 15 is 0 Å². The van der Waals surface area contributed by atoms with Crippen LogP contribution in [0.4, 0.5) is 5.69 Å². The van der Waals surface area contributed by atoms with Gasteiger partial charge in [-0.05, 0) is 56.5 Å². The van der Waals surface area contributed by atoms with Crippen molar-refractivity contribution in [2.24, 2.45) is 0 Å². The van der Waals surface area contributed by atoms with E-state index in [1.165, 1.54) is 0 Å². The lowest BCUT2D eigenvalue weighted by atomic mass is 10.0. The molecule has 0 N–H and O–H groups in total. The van der Waals surface area contributed by atoms with Crippen molar-refractivity contribution in [2.75, 3.05) is 18.1 Å². The van der Waals surface area contributed by atoms with Crippen molar-refractivity contribution in [3.63, 3.8) is 0 Å². The van der Waals surface area contributed by atoms with Crippen molar-refractivity contribution in [2.45, 2.75) is 33.2 Å². The van der Waals surface area contributed by atoms with Crippen molar-refractivity contribution >= 4 is 28.6 Å². The van der Waals surface area contributed by atoms with Crippen LogP contribution < -0.4 is 10.5 Å². The third kappa shape index (κ3) is 3.58. The van der Waals surface area contributed by atoms with E-state index in [0.29, 0.717) is 35.4 Å². The lowest BCUT2D eigenvalue weighted by Crippen LogP contribution is -2.38. The number of anilines is 1. The fourth-order valence-electron chi connectivity index (χ4n) is 3.90. The van der Waals surface area contributed by atoms with Gasteiger partial charge in [-0.1, -0.05) is 18.2 Å². The average molecular weight is 405 g/mol. The van der Waals surface area contributed by atoms with E-state index in [1.807, 2.05) is 31.2 Å². The predicted molar refractivity (Wildman–Crippen MR) is 114 cm³/mol. The Morgan fingerprint density at radius 1 is 1.17 bits per heavy atom. The summed E-state index contributed by atoms with van der Waals surface area (Å²) in [5, 5.41) is 0. The predicted octanol–water partition coefficient (Wildman–Crippen LogP) is 2.86. The van der Waals surface area contributed by atoms with E-state index in [-0.39, 0.29) is 18.1 Å². The van der Waals surface area contributed by atoms with E-state index in [1.54, 1.807) is 34.6 Å². The molecule has 2 aromatic carbocycles. The van der Waals surface area contributed by atoms with Gasteiger partial charge in [-0.25, -0.2) is 9.78 Å². The van der Waals surface area contributed by atoms with Gasteiger partial charge in [0, 0.05) is 18.8 Å². The second-order valence-electron chi connectivity index (χ2n) is 7.30. The van der Waals surface area contributed by atoms with Crippen LogP contribution in [0.1, 0.15) is 35.0 Å². The highest BCUT2D eigenvalue weighted by Gasteiger charge is 2.23. The number of hydrogen-bond donors (Lipinski definition) is 0. The minimum Gasteiger partial charge on any atom is -0.452 e. The summed E-state index contributed by atoms with van der Waals surface area (Å²) in [6.07, 6.45) is 1.82. The second-order valence-corrected chi connectivity index (χ2v) is 7.30. The maximum absolute atomic E-state index is 12.7. The van der Waals surface area contributed by atoms with E-state index in [0.717, 1.165) is 24.1 Å². The van der Waals surface area contributed by atoms with Gasteiger partial charge in [0.25, 0.3) is 11.5 Å². The van der Waals surface area contributed by atoms with Gasteiger partial charge in [-0.3, -0.25) is 9.59 Å². The SMILES string of the molecule is CCn1c(=O)c(C)nc2cc(C(=O)OCC(=O)N3CCCc4ccccc43)ccc21. The Balaban J connectivity index is 1.51. The van der Waals surface area contributed by atoms with Gasteiger partial charge >= 0.3 is 5.97 Å². The first-order chi connectivity index (χ1) is 14.5. The van der Waals surface area contributed by atoms with Gasteiger partial charge in [0.05, 0.1) is 16.6 Å². The quantitative estimate of drug-likeness (QED) is 0.624. The third-order valence-electron chi connectivity index (χ3n) is 5.40. The van der Waals surface area contributed by atoms with Crippen LogP contribution >= 0.6 is 0 Å². The van der Waals surface area contributed by atoms with Crippen LogP contribution in [0.15, 0.2) is 47.3 Å². The molecule has 7 nitrogen and oxygen atoms in total. The molecule has 1 aliphatic rings. The lowest BCUT2D eigenvalue weighted by molar-refractivity contribution is -0.121. The van der Waals surface area contributed by atoms with Gasteiger partial charge < -0.3 is 14.2 Å². The topological polar surface area (TPSA) is 81.5 Å². The summed E-state index contributed by atoms with van der Waals surface area (Å²) in [4.78, 5) is 43.4. The van der Waals surface area contributed by atoms with Crippen LogP contribution in [-0.2, 0) is 22.5 Å². The third-order valence-corrected chi connectivity index (χ3v) is 5.40. The van der Waals surface area contributed by atoms with Crippen LogP contribution in [0.25, 0.3) is 11.0 Å². The molecular weight excluding hydrogens is 382 g/mol. The van der Waals surface area contributed by atoms with E-state index in [2.05, 4.69) is 4.98 Å². The Hall–Kier alpha value is -3.48. The monoisotopic (exact) mass is 405 g/mol. The fraction of sp³-hybridized carbons (Fsp3) is 0.304. The van der Waals surface area contributed by atoms with Crippen molar-refractivity contribution < 1.29 is 14.3 Å². The van der Waals surface area contributed by atoms with Gasteiger partial charge in [-0.15, -0.1) is 0 Å². The molecule has 2 heterocycles. The Morgan fingerprint density at radius 3 is 2.77 bits per heavy atom. The molecule has 30 heavy (non-hydrogen) atoms. The number of ether oxygens (including phenoxy) is 1. The van der Waals surface area contributed by atoms with Crippen molar-refractivity contribution in [3.05, 3.63) is 69.6 Å². The molecule has 0 saturated heterocycles. The number of aromatic nitrogens is 2. The minimum absolute atomic E-state index is 0.146. The summed E-state index contributed by atoms with van der Waals surface area (Å²) in [7, 11) is 0. The van der Waals surface area contributed by atoms with Gasteiger partial charge in [0.1, 0.15) is 5.69 Å². The first-order valence-electron chi connectivity index (χ1n) is 10.1. The van der Waals surface area contributed by atoms with Gasteiger partial charge in [0.15, 0.2) is 6.61 Å². The van der Waals surface area contributed by atoms with Crippen molar-refractivity contribution in [1.29, 1.82) is 0 Å². The number of aryl methyl sites for hydroxylation is 3. The summed E-state index contributed by atoms with van der Waals surface area (Å²) in [5.74, 6) is -0.839. The molecule has 7 heteroatoms. The minimum atomic E-state index is -0.593. The number of carbonyl (C=O) groups is 2. The van der Waals surface area contributed by atoms with Gasteiger partial charge in [-0.2, -0.15) is 0 Å². The average Bonchev–Trinajstić information content (AvgIpc) is 2.77. The molecule has 1 aromatic heterocycles. The number of rotatable bonds is 4. The maximum Gasteiger partial charge on any atom is 0.338 e. The van der Waals surface area contributed by atoms with Crippen molar-refractivity contribution in [3.8, 4) is 0 Å². The molecule has 0 bridgehead atoms. The largest absolute Gasteiger partial charge is 0.452 e. The number of fused-ring (bicyclic) bond motifs is 2. The summed E-state index contributed by atoms with van der Waals surface area (Å²) in [5.41, 5.74) is 3.73. The fourth-order valence-corrected chi connectivity index (χ4v) is 3.90. The van der Waals surface area contributed by atoms with E-state index < -0.39 is 5.97 Å². The zero-order valence-electron chi connectivity index (χ0n) is 17.1. The van der Waals surface area contributed by atoms with Crippen molar-refractivity contribution in [1.82, 2.24) is 9.55 Å². The highest BCUT2D eigenvalue weighted by molar-refractivity contribution is 5.98. The molecule has 0 fully saturated rings. The molecule has 0 atom stereocenters. The highest BCUT2D eigenvalue weighted by atomic mass is 16.5. The number of carbonyl (C=O) groups excluding carboxylic acids is 2. The van der Waals surface area contributed by atoms with Crippen LogP contribution in [0.5, 0.6) is 0 Å². The highest BCUT2D eigenvalue weighted by Crippen LogP contribution is 2.26. The molecule has 0 spiro atoms. The second kappa shape index (κ2) is 8.10. The zero-order valence-corrected chi connectivity index (χ0v) is 17.1. The lowest BCUT2D eigenvalue weighted by Gasteiger charge is -2.29. The molecule has 0 aliphatic carbocycles. The molecule has 0 unspecified atom stereocenters. The number of amides is 1. The number of hydrogen-bond acceptors (Lipinski definition) is 5. The van der Waals surface area contributed by atoms with Crippen LogP contribution in [0.3, 0.4) is 0 Å². The van der Waals surface area contributed by atoms with Crippen LogP contribution in [0, 0.1) is 6.92 Å². The van der Waals surface area contributed by atoms with Gasteiger partial charge in [0.2, 0.25) is 0 Å². The van der Waals surface area contributed by atoms with E-state index in [9.17, 15) is 14.4 Å². The molecule has 1 amide bonds. The first-order valence-corrected chi connectivity index (χ1v) is 10.1. The van der Waals surface area contributed by atoms with Crippen LogP contribution in [0.2, 0.25) is 0 Å². The Labute approximate surface area is 173 Å². The number of benzene rings is 2. The Kier molecular flexibility index (Phi) is 5.35. The smallest absolute Gasteiger partial charge is 0.338 e. The molecule has 3 aromatic rings. The van der Waals surface area contributed by atoms with Crippen LogP contribution in [-0.4, -0.2) is 34.6 Å². The molecule has 1 aliphatic heterocycles. The first kappa shape index (κ1) is 19.8. The summed E-state index contributed by atoms with van der Waals surface area (Å²) >= 11 is 0. The Bertz CT molecular complexity index is 1200. The summed E-state index contributed by atoms with van der Waals surface area (Å²) in [6, 6.07) is 12.7. The molecule has 4 rings (SSSR count). The molecule has 0 saturated carbocycles. The molecular formula is C23H23N3O4. The Morgan fingerprint density at radius 2 is 1.97 bits per heavy atom. The standard InChI is InChI=1S/C23H23N3O4/c1-3-25-20-11-10-17(13-18(20)24-15(2)22(25)28)23(29)30-14-21(27)26-12-6-8-16-7-4-5-9-19(16)26/h4-5,7,9-11,13H,3,6,8,12,14H2,1-2H3. The normalized spacial score (nSPS) is 13.2. The number of nitrogens with zero attached hydrogens (tertiary/aromatic N) is 3. The summed E-state index contributed by atoms with van der Waals surface area (Å²) in [6.45, 7) is 4.32. The molecule has 0 radical (unpaired) electrons. The summed E-state index contributed by atoms with van der Waals surface area (Å²) < 4.78 is 6.91. The zero-order chi connectivity index (χ0) is 21.3. The number of esters is 1. The number of para-hydroxylation sites is 1. The molecule has 154 valence electrons.